The Bertz CT molecular complexity index is 1880. The first kappa shape index (κ1) is 30.4. The molecule has 3 heterocycles. The summed E-state index contributed by atoms with van der Waals surface area (Å²) in [7, 11) is 4.10. The van der Waals surface area contributed by atoms with Crippen LogP contribution in [0.1, 0.15) is 50.7 Å². The number of para-hydroxylation sites is 1. The van der Waals surface area contributed by atoms with Crippen molar-refractivity contribution >= 4 is 38.4 Å². The van der Waals surface area contributed by atoms with Gasteiger partial charge in [0.2, 0.25) is 0 Å². The van der Waals surface area contributed by atoms with Crippen molar-refractivity contribution in [3.05, 3.63) is 116 Å². The number of fused-ring (bicyclic) bond motifs is 6. The van der Waals surface area contributed by atoms with E-state index in [-0.39, 0.29) is 20.1 Å². The molecule has 218 valence electrons. The third-order valence-electron chi connectivity index (χ3n) is 7.75. The smallest absolute Gasteiger partial charge is 0.510 e. The molecule has 0 N–H and O–H groups in total. The summed E-state index contributed by atoms with van der Waals surface area (Å²) in [6.07, 6.45) is 7.52. The molecule has 0 unspecified atom stereocenters. The quantitative estimate of drug-likeness (QED) is 0.135. The Morgan fingerprint density at radius 3 is 2.19 bits per heavy atom. The second-order valence-corrected chi connectivity index (χ2v) is 11.3. The van der Waals surface area contributed by atoms with E-state index >= 15 is 0 Å². The molecular weight excluding hydrogens is 709 g/mol. The van der Waals surface area contributed by atoms with Crippen molar-refractivity contribution in [1.82, 2.24) is 24.4 Å². The van der Waals surface area contributed by atoms with Crippen LogP contribution in [-0.4, -0.2) is 31.5 Å². The van der Waals surface area contributed by atoms with Gasteiger partial charge >= 0.3 is 20.1 Å². The molecule has 7 heteroatoms. The van der Waals surface area contributed by atoms with E-state index in [1.54, 1.807) is 6.33 Å². The van der Waals surface area contributed by atoms with E-state index in [1.807, 2.05) is 78.5 Å². The number of imidazole rings is 1. The van der Waals surface area contributed by atoms with Gasteiger partial charge in [-0.05, 0) is 47.8 Å². The van der Waals surface area contributed by atoms with E-state index in [0.29, 0.717) is 11.8 Å². The maximum atomic E-state index is 5.22. The first-order chi connectivity index (χ1) is 20.3. The number of benzene rings is 4. The van der Waals surface area contributed by atoms with Crippen LogP contribution in [0.5, 0.6) is 0 Å². The van der Waals surface area contributed by atoms with Crippen LogP contribution in [-0.2, 0) is 27.2 Å². The van der Waals surface area contributed by atoms with E-state index < -0.39 is 0 Å². The topological polar surface area (TPSA) is 50.1 Å². The van der Waals surface area contributed by atoms with Crippen molar-refractivity contribution < 1.29 is 20.1 Å². The predicted molar refractivity (Wildman–Crippen MR) is 173 cm³/mol. The number of hydrogen-bond acceptors (Lipinski definition) is 5. The Morgan fingerprint density at radius 1 is 0.791 bits per heavy atom. The largest absolute Gasteiger partial charge is 3.00 e. The maximum absolute atomic E-state index is 5.22. The molecule has 0 amide bonds. The number of anilines is 1. The molecule has 6 aromatic rings. The van der Waals surface area contributed by atoms with E-state index in [9.17, 15) is 0 Å². The van der Waals surface area contributed by atoms with Crippen LogP contribution in [0.3, 0.4) is 0 Å². The third-order valence-corrected chi connectivity index (χ3v) is 7.75. The van der Waals surface area contributed by atoms with Crippen molar-refractivity contribution in [3.8, 4) is 11.4 Å². The fourth-order valence-electron chi connectivity index (χ4n) is 5.69. The zero-order valence-electron chi connectivity index (χ0n) is 25.3. The van der Waals surface area contributed by atoms with Crippen molar-refractivity contribution in [2.75, 3.05) is 11.9 Å². The van der Waals surface area contributed by atoms with Gasteiger partial charge in [-0.2, -0.15) is 37.0 Å². The minimum Gasteiger partial charge on any atom is -0.510 e. The maximum Gasteiger partial charge on any atom is 3.00 e. The number of rotatable bonds is 4. The summed E-state index contributed by atoms with van der Waals surface area (Å²) in [5.74, 6) is 1.80. The second-order valence-electron chi connectivity index (χ2n) is 11.3. The summed E-state index contributed by atoms with van der Waals surface area (Å²) >= 11 is 0. The summed E-state index contributed by atoms with van der Waals surface area (Å²) < 4.78 is 2.21. The fraction of sp³-hybridized carbons (Fsp3) is 0.222. The molecule has 0 bridgehead atoms. The minimum atomic E-state index is 0. The number of hydrogen-bond donors (Lipinski definition) is 0. The van der Waals surface area contributed by atoms with Crippen LogP contribution >= 0.6 is 0 Å². The molecule has 4 aromatic carbocycles. The standard InChI is InChI=1S/C26H25N4.C10H10N2.Ir/c1-15(2)17-11-8-12-18(16(3)4)22(17)26-29-24-20-10-7-6-9-19(20)21-13-27-14-28-23(21)25(24)30(26)5;1-11-7-8-12(9-11)10-5-3-2-4-6-10;/h6-9,11-16H,1-5H3;2-5,7-9H,1H3;/q-1;-2;+3. The van der Waals surface area contributed by atoms with Gasteiger partial charge in [-0.25, -0.2) is 9.97 Å². The third kappa shape index (κ3) is 5.67. The molecule has 0 radical (unpaired) electrons. The second kappa shape index (κ2) is 12.7. The Kier molecular flexibility index (Phi) is 8.95. The van der Waals surface area contributed by atoms with E-state index in [2.05, 4.69) is 85.7 Å². The van der Waals surface area contributed by atoms with E-state index in [4.69, 9.17) is 4.98 Å². The van der Waals surface area contributed by atoms with Gasteiger partial charge in [0.25, 0.3) is 0 Å². The normalized spacial score (nSPS) is 12.8. The molecule has 43 heavy (non-hydrogen) atoms. The Hall–Kier alpha value is -4.06. The molecule has 0 aliphatic carbocycles. The van der Waals surface area contributed by atoms with Gasteiger partial charge in [-0.1, -0.05) is 51.3 Å². The molecule has 0 saturated heterocycles. The zero-order chi connectivity index (χ0) is 29.4. The zero-order valence-corrected chi connectivity index (χ0v) is 27.7. The van der Waals surface area contributed by atoms with Gasteiger partial charge in [-0.3, -0.25) is 4.98 Å². The molecule has 2 aromatic heterocycles. The summed E-state index contributed by atoms with van der Waals surface area (Å²) in [6.45, 7) is 11.0. The molecule has 6 nitrogen and oxygen atoms in total. The predicted octanol–water partition coefficient (Wildman–Crippen LogP) is 8.21. The Balaban J connectivity index is 0.000000238. The van der Waals surface area contributed by atoms with Gasteiger partial charge in [0.05, 0.1) is 11.0 Å². The van der Waals surface area contributed by atoms with Crippen LogP contribution in [0.4, 0.5) is 5.69 Å². The summed E-state index contributed by atoms with van der Waals surface area (Å²) in [5, 5.41) is 3.14. The van der Waals surface area contributed by atoms with E-state index in [0.717, 1.165) is 44.2 Å². The average Bonchev–Trinajstić information content (AvgIpc) is 3.61. The van der Waals surface area contributed by atoms with Gasteiger partial charge in [-0.15, -0.1) is 35.3 Å². The van der Waals surface area contributed by atoms with E-state index in [1.165, 1.54) is 16.7 Å². The molecule has 1 aliphatic heterocycles. The number of aromatic nitrogens is 4. The van der Waals surface area contributed by atoms with Gasteiger partial charge in [0, 0.05) is 24.3 Å². The number of aryl methyl sites for hydroxylation is 1. The van der Waals surface area contributed by atoms with Crippen LogP contribution in [0, 0.1) is 18.8 Å². The van der Waals surface area contributed by atoms with Crippen LogP contribution in [0.2, 0.25) is 0 Å². The molecule has 0 spiro atoms. The fourth-order valence-corrected chi connectivity index (χ4v) is 5.69. The van der Waals surface area contributed by atoms with Crippen LogP contribution in [0.15, 0.2) is 85.6 Å². The van der Waals surface area contributed by atoms with Crippen molar-refractivity contribution in [1.29, 1.82) is 0 Å². The molecule has 1 aliphatic rings. The Morgan fingerprint density at radius 2 is 1.53 bits per heavy atom. The summed E-state index contributed by atoms with van der Waals surface area (Å²) in [4.78, 5) is 18.2. The SMILES string of the molecule is CC(C)c1cccc(C(C)C)c1-c1nc2c3[c-]cccc3c3cncnc3c2n1C.CN1C=CN(c2[c-]cccc2)[CH-]1.[Ir+3]. The first-order valence-electron chi connectivity index (χ1n) is 14.4. The number of nitrogens with zero attached hydrogens (tertiary/aromatic N) is 6. The van der Waals surface area contributed by atoms with Crippen molar-refractivity contribution in [3.63, 3.8) is 0 Å². The monoisotopic (exact) mass is 744 g/mol. The Labute approximate surface area is 267 Å². The first-order valence-corrected chi connectivity index (χ1v) is 14.4. The molecule has 0 saturated carbocycles. The minimum absolute atomic E-state index is 0. The molecule has 0 fully saturated rings. The van der Waals surface area contributed by atoms with Crippen molar-refractivity contribution in [2.24, 2.45) is 7.05 Å². The van der Waals surface area contributed by atoms with Gasteiger partial charge < -0.3 is 14.4 Å². The van der Waals surface area contributed by atoms with Crippen molar-refractivity contribution in [2.45, 2.75) is 39.5 Å². The summed E-state index contributed by atoms with van der Waals surface area (Å²) in [6, 6.07) is 27.2. The summed E-state index contributed by atoms with van der Waals surface area (Å²) in [5.41, 5.74) is 7.87. The van der Waals surface area contributed by atoms with Crippen LogP contribution < -0.4 is 4.90 Å². The molecule has 7 rings (SSSR count). The van der Waals surface area contributed by atoms with Gasteiger partial charge in [0.15, 0.2) is 0 Å². The molecular formula is C36H35IrN6. The van der Waals surface area contributed by atoms with Crippen LogP contribution in [0.25, 0.3) is 44.1 Å². The molecule has 0 atom stereocenters. The van der Waals surface area contributed by atoms with Gasteiger partial charge in [0.1, 0.15) is 12.2 Å². The average molecular weight is 744 g/mol.